The Hall–Kier alpha value is -2.81. The van der Waals surface area contributed by atoms with Crippen molar-refractivity contribution in [3.8, 4) is 0 Å². The van der Waals surface area contributed by atoms with Crippen LogP contribution in [0.4, 0.5) is 5.69 Å². The number of carbonyl (C=O) groups excluding carboxylic acids is 1. The second-order valence-electron chi connectivity index (χ2n) is 4.96. The largest absolute Gasteiger partial charge is 0.460 e. The molecule has 0 aliphatic heterocycles. The molecule has 0 spiro atoms. The molecule has 3 heteroatoms. The first-order chi connectivity index (χ1) is 10.8. The van der Waals surface area contributed by atoms with E-state index in [9.17, 15) is 4.79 Å². The van der Waals surface area contributed by atoms with E-state index in [2.05, 4.69) is 5.32 Å². The highest BCUT2D eigenvalue weighted by Gasteiger charge is 2.10. The van der Waals surface area contributed by atoms with Gasteiger partial charge in [-0.25, -0.2) is 4.79 Å². The molecule has 3 rings (SSSR count). The minimum atomic E-state index is -0.285. The van der Waals surface area contributed by atoms with Gasteiger partial charge in [0.2, 0.25) is 0 Å². The van der Waals surface area contributed by atoms with Crippen LogP contribution in [-0.4, -0.2) is 19.1 Å². The number of para-hydroxylation sites is 1. The lowest BCUT2D eigenvalue weighted by atomic mass is 10.1. The predicted molar refractivity (Wildman–Crippen MR) is 89.2 cm³/mol. The fraction of sp³-hybridized carbons (Fsp3) is 0.105. The first-order valence-corrected chi connectivity index (χ1v) is 7.28. The fourth-order valence-electron chi connectivity index (χ4n) is 2.38. The van der Waals surface area contributed by atoms with Crippen molar-refractivity contribution in [3.63, 3.8) is 0 Å². The zero-order chi connectivity index (χ0) is 15.2. The molecule has 0 saturated carbocycles. The third kappa shape index (κ3) is 3.26. The number of fused-ring (bicyclic) bond motifs is 1. The monoisotopic (exact) mass is 291 g/mol. The van der Waals surface area contributed by atoms with Gasteiger partial charge in [0.05, 0.1) is 5.56 Å². The molecule has 110 valence electrons. The van der Waals surface area contributed by atoms with E-state index in [1.165, 1.54) is 0 Å². The summed E-state index contributed by atoms with van der Waals surface area (Å²) in [6.45, 7) is 0.914. The first-order valence-electron chi connectivity index (χ1n) is 7.28. The lowest BCUT2D eigenvalue weighted by Crippen LogP contribution is -2.14. The fourth-order valence-corrected chi connectivity index (χ4v) is 2.38. The number of nitrogens with one attached hydrogen (secondary N) is 1. The summed E-state index contributed by atoms with van der Waals surface area (Å²) in [5.74, 6) is -0.285. The summed E-state index contributed by atoms with van der Waals surface area (Å²) in [5.41, 5.74) is 1.63. The number of hydrogen-bond acceptors (Lipinski definition) is 3. The molecule has 0 radical (unpaired) electrons. The van der Waals surface area contributed by atoms with E-state index in [-0.39, 0.29) is 5.97 Å². The second-order valence-corrected chi connectivity index (χ2v) is 4.96. The molecule has 0 aliphatic rings. The molecule has 3 aromatic rings. The summed E-state index contributed by atoms with van der Waals surface area (Å²) in [7, 11) is 0. The Balaban J connectivity index is 1.60. The molecule has 0 atom stereocenters. The molecule has 0 aromatic heterocycles. The van der Waals surface area contributed by atoms with Gasteiger partial charge in [0, 0.05) is 12.2 Å². The molecule has 22 heavy (non-hydrogen) atoms. The van der Waals surface area contributed by atoms with Crippen molar-refractivity contribution < 1.29 is 9.53 Å². The van der Waals surface area contributed by atoms with Crippen LogP contribution in [0, 0.1) is 0 Å². The van der Waals surface area contributed by atoms with Gasteiger partial charge in [-0.2, -0.15) is 0 Å². The smallest absolute Gasteiger partial charge is 0.338 e. The standard InChI is InChI=1S/C19H17NO2/c21-19(22-14-13-20-16-9-2-1-3-10-16)18-12-6-8-15-7-4-5-11-17(15)18/h1-12,20H,13-14H2. The van der Waals surface area contributed by atoms with Crippen LogP contribution in [0.1, 0.15) is 10.4 Å². The molecule has 0 saturated heterocycles. The second kappa shape index (κ2) is 6.76. The van der Waals surface area contributed by atoms with Gasteiger partial charge in [0.25, 0.3) is 0 Å². The number of benzene rings is 3. The maximum absolute atomic E-state index is 12.2. The summed E-state index contributed by atoms with van der Waals surface area (Å²) in [5, 5.41) is 5.17. The average Bonchev–Trinajstić information content (AvgIpc) is 2.59. The van der Waals surface area contributed by atoms with Crippen LogP contribution in [-0.2, 0) is 4.74 Å². The Morgan fingerprint density at radius 1 is 0.864 bits per heavy atom. The molecule has 3 aromatic carbocycles. The summed E-state index contributed by atoms with van der Waals surface area (Å²) >= 11 is 0. The number of esters is 1. The molecule has 0 fully saturated rings. The van der Waals surface area contributed by atoms with E-state index >= 15 is 0 Å². The van der Waals surface area contributed by atoms with Crippen LogP contribution in [0.2, 0.25) is 0 Å². The molecular formula is C19H17NO2. The highest BCUT2D eigenvalue weighted by atomic mass is 16.5. The van der Waals surface area contributed by atoms with E-state index in [0.717, 1.165) is 16.5 Å². The van der Waals surface area contributed by atoms with Gasteiger partial charge in [-0.05, 0) is 29.0 Å². The van der Waals surface area contributed by atoms with Gasteiger partial charge in [-0.15, -0.1) is 0 Å². The summed E-state index contributed by atoms with van der Waals surface area (Å²) in [6.07, 6.45) is 0. The van der Waals surface area contributed by atoms with Crippen LogP contribution in [0.25, 0.3) is 10.8 Å². The molecule has 3 nitrogen and oxygen atoms in total. The van der Waals surface area contributed by atoms with Crippen LogP contribution >= 0.6 is 0 Å². The van der Waals surface area contributed by atoms with Gasteiger partial charge in [-0.1, -0.05) is 54.6 Å². The van der Waals surface area contributed by atoms with Crippen molar-refractivity contribution in [1.29, 1.82) is 0 Å². The third-order valence-electron chi connectivity index (χ3n) is 3.45. The van der Waals surface area contributed by atoms with Gasteiger partial charge in [0.1, 0.15) is 6.61 Å². The predicted octanol–water partition coefficient (Wildman–Crippen LogP) is 4.11. The first kappa shape index (κ1) is 14.1. The maximum Gasteiger partial charge on any atom is 0.338 e. The number of anilines is 1. The Bertz CT molecular complexity index is 763. The summed E-state index contributed by atoms with van der Waals surface area (Å²) in [4.78, 5) is 12.2. The van der Waals surface area contributed by atoms with Crippen LogP contribution < -0.4 is 5.32 Å². The normalized spacial score (nSPS) is 10.4. The van der Waals surface area contributed by atoms with Gasteiger partial charge in [0.15, 0.2) is 0 Å². The summed E-state index contributed by atoms with van der Waals surface area (Å²) in [6, 6.07) is 23.3. The molecule has 1 N–H and O–H groups in total. The number of carbonyl (C=O) groups is 1. The molecule has 0 bridgehead atoms. The van der Waals surface area contributed by atoms with Crippen LogP contribution in [0.5, 0.6) is 0 Å². The molecule has 0 amide bonds. The minimum Gasteiger partial charge on any atom is -0.460 e. The average molecular weight is 291 g/mol. The number of rotatable bonds is 5. The summed E-state index contributed by atoms with van der Waals surface area (Å²) < 4.78 is 5.36. The highest BCUT2D eigenvalue weighted by molar-refractivity contribution is 6.04. The van der Waals surface area contributed by atoms with E-state index in [0.29, 0.717) is 18.7 Å². The third-order valence-corrected chi connectivity index (χ3v) is 3.45. The van der Waals surface area contributed by atoms with Crippen molar-refractivity contribution in [1.82, 2.24) is 0 Å². The highest BCUT2D eigenvalue weighted by Crippen LogP contribution is 2.19. The van der Waals surface area contributed by atoms with Gasteiger partial charge >= 0.3 is 5.97 Å². The molecule has 0 unspecified atom stereocenters. The Labute approximate surface area is 129 Å². The lowest BCUT2D eigenvalue weighted by molar-refractivity contribution is 0.0523. The van der Waals surface area contributed by atoms with Gasteiger partial charge in [-0.3, -0.25) is 0 Å². The topological polar surface area (TPSA) is 38.3 Å². The van der Waals surface area contributed by atoms with Crippen LogP contribution in [0.15, 0.2) is 72.8 Å². The Morgan fingerprint density at radius 3 is 2.45 bits per heavy atom. The lowest BCUT2D eigenvalue weighted by Gasteiger charge is -2.09. The molecular weight excluding hydrogens is 274 g/mol. The van der Waals surface area contributed by atoms with E-state index < -0.39 is 0 Å². The SMILES string of the molecule is O=C(OCCNc1ccccc1)c1cccc2ccccc12. The Kier molecular flexibility index (Phi) is 4.35. The Morgan fingerprint density at radius 2 is 1.59 bits per heavy atom. The van der Waals surface area contributed by atoms with Crippen molar-refractivity contribution in [2.45, 2.75) is 0 Å². The minimum absolute atomic E-state index is 0.285. The van der Waals surface area contributed by atoms with Crippen molar-refractivity contribution in [2.75, 3.05) is 18.5 Å². The maximum atomic E-state index is 12.2. The number of hydrogen-bond donors (Lipinski definition) is 1. The molecule has 0 aliphatic carbocycles. The zero-order valence-electron chi connectivity index (χ0n) is 12.2. The number of ether oxygens (including phenoxy) is 1. The van der Waals surface area contributed by atoms with E-state index in [4.69, 9.17) is 4.74 Å². The van der Waals surface area contributed by atoms with Crippen molar-refractivity contribution in [3.05, 3.63) is 78.4 Å². The van der Waals surface area contributed by atoms with Crippen LogP contribution in [0.3, 0.4) is 0 Å². The van der Waals surface area contributed by atoms with E-state index in [1.807, 2.05) is 66.7 Å². The van der Waals surface area contributed by atoms with E-state index in [1.54, 1.807) is 6.07 Å². The molecule has 0 heterocycles. The quantitative estimate of drug-likeness (QED) is 0.568. The van der Waals surface area contributed by atoms with Gasteiger partial charge < -0.3 is 10.1 Å². The zero-order valence-corrected chi connectivity index (χ0v) is 12.2. The van der Waals surface area contributed by atoms with Crippen molar-refractivity contribution in [2.24, 2.45) is 0 Å². The van der Waals surface area contributed by atoms with Crippen molar-refractivity contribution >= 4 is 22.4 Å².